The van der Waals surface area contributed by atoms with Crippen molar-refractivity contribution in [1.29, 1.82) is 0 Å². The van der Waals surface area contributed by atoms with E-state index >= 15 is 0 Å². The molecule has 0 aliphatic carbocycles. The minimum atomic E-state index is -0.883. The molecule has 0 amide bonds. The lowest BCUT2D eigenvalue weighted by Gasteiger charge is -2.33. The van der Waals surface area contributed by atoms with Crippen molar-refractivity contribution in [3.05, 3.63) is 65.7 Å². The molecule has 0 aromatic heterocycles. The Labute approximate surface area is 263 Å². The molecule has 0 aliphatic heterocycles. The second-order valence-corrected chi connectivity index (χ2v) is 14.1. The Bertz CT molecular complexity index is 980. The highest BCUT2D eigenvalue weighted by Gasteiger charge is 2.27. The number of aliphatic carboxylic acids is 1. The van der Waals surface area contributed by atoms with E-state index in [2.05, 4.69) is 110 Å². The molecule has 0 atom stereocenters. The summed E-state index contributed by atoms with van der Waals surface area (Å²) in [5.41, 5.74) is 3.19. The molecule has 0 spiro atoms. The predicted octanol–water partition coefficient (Wildman–Crippen LogP) is 8.52. The summed E-state index contributed by atoms with van der Waals surface area (Å²) in [6, 6.07) is 19.2. The number of carbonyl (C=O) groups is 1. The van der Waals surface area contributed by atoms with Gasteiger partial charge >= 0.3 is 5.97 Å². The van der Waals surface area contributed by atoms with Gasteiger partial charge in [0, 0.05) is 12.2 Å². The van der Waals surface area contributed by atoms with Crippen LogP contribution in [-0.4, -0.2) is 69.2 Å². The Hall–Kier alpha value is -2.41. The zero-order valence-corrected chi connectivity index (χ0v) is 28.6. The quantitative estimate of drug-likeness (QED) is 0.122. The average molecular weight is 601 g/mol. The van der Waals surface area contributed by atoms with Crippen LogP contribution in [0.3, 0.4) is 0 Å². The predicted molar refractivity (Wildman–Crippen MR) is 179 cm³/mol. The molecule has 1 N–H and O–H groups in total. The van der Waals surface area contributed by atoms with Crippen LogP contribution in [0.25, 0.3) is 0 Å². The molecule has 0 saturated heterocycles. The van der Waals surface area contributed by atoms with Crippen LogP contribution in [0, 0.1) is 5.41 Å². The van der Waals surface area contributed by atoms with Crippen molar-refractivity contribution >= 4 is 5.97 Å². The monoisotopic (exact) mass is 600 g/mol. The molecule has 0 fully saturated rings. The summed E-state index contributed by atoms with van der Waals surface area (Å²) < 4.78 is 17.5. The van der Waals surface area contributed by atoms with Crippen LogP contribution >= 0.6 is 0 Å². The Kier molecular flexibility index (Phi) is 18.4. The molecule has 43 heavy (non-hydrogen) atoms. The van der Waals surface area contributed by atoms with E-state index in [0.717, 1.165) is 49.2 Å². The van der Waals surface area contributed by atoms with E-state index in [-0.39, 0.29) is 12.0 Å². The topological polar surface area (TPSA) is 65.0 Å². The van der Waals surface area contributed by atoms with Gasteiger partial charge in [0.05, 0.1) is 27.3 Å². The molecule has 244 valence electrons. The van der Waals surface area contributed by atoms with Gasteiger partial charge in [-0.1, -0.05) is 116 Å². The molecule has 2 rings (SSSR count). The van der Waals surface area contributed by atoms with Gasteiger partial charge in [-0.25, -0.2) is 4.79 Å². The number of quaternary nitrogens is 1. The number of likely N-dealkylation sites (N-methyl/N-ethyl adjacent to an activating group) is 1. The molecule has 0 aliphatic rings. The third-order valence-electron chi connectivity index (χ3n) is 7.27. The molecule has 2 aromatic carbocycles. The maximum absolute atomic E-state index is 10.0. The molecule has 0 unspecified atom stereocenters. The van der Waals surface area contributed by atoms with E-state index in [4.69, 9.17) is 19.3 Å². The van der Waals surface area contributed by atoms with Crippen molar-refractivity contribution in [2.45, 2.75) is 98.4 Å². The van der Waals surface area contributed by atoms with Crippen LogP contribution in [0.15, 0.2) is 54.6 Å². The van der Waals surface area contributed by atoms with E-state index in [1.165, 1.54) is 36.8 Å². The maximum Gasteiger partial charge on any atom is 0.329 e. The standard InChI is InChI=1S/C27H42NO2.C10H20O3/c1-26(2,3)22-27(4,5)24-13-15-25(16-14-24)30-20-19-29-18-17-28(6,7)21-23-11-9-8-10-12-23;1-2-3-4-5-6-7-8-13-9-10(11)12/h8-16H,17-22H2,1-7H3;2-9H2,1H3,(H,11,12)/q+1;. The largest absolute Gasteiger partial charge is 0.491 e. The highest BCUT2D eigenvalue weighted by molar-refractivity contribution is 5.67. The van der Waals surface area contributed by atoms with Crippen LogP contribution in [0.5, 0.6) is 5.75 Å². The Balaban J connectivity index is 0.000000599. The van der Waals surface area contributed by atoms with Gasteiger partial charge in [-0.3, -0.25) is 0 Å². The van der Waals surface area contributed by atoms with Gasteiger partial charge in [0.25, 0.3) is 0 Å². The SMILES string of the molecule is CC(C)(C)CC(C)(C)c1ccc(OCCOCC[N+](C)(C)Cc2ccccc2)cc1.CCCCCCCCOCC(=O)O. The van der Waals surface area contributed by atoms with Crippen molar-refractivity contribution in [1.82, 2.24) is 0 Å². The normalized spacial score (nSPS) is 12.0. The summed E-state index contributed by atoms with van der Waals surface area (Å²) in [5, 5.41) is 8.26. The number of hydrogen-bond donors (Lipinski definition) is 1. The van der Waals surface area contributed by atoms with E-state index in [1.54, 1.807) is 0 Å². The summed E-state index contributed by atoms with van der Waals surface area (Å²) >= 11 is 0. The first-order valence-corrected chi connectivity index (χ1v) is 16.2. The molecule has 6 heteroatoms. The first kappa shape index (κ1) is 38.6. The van der Waals surface area contributed by atoms with Crippen LogP contribution < -0.4 is 4.74 Å². The van der Waals surface area contributed by atoms with E-state index in [0.29, 0.717) is 25.2 Å². The van der Waals surface area contributed by atoms with Crippen molar-refractivity contribution in [3.8, 4) is 5.75 Å². The maximum atomic E-state index is 10.0. The van der Waals surface area contributed by atoms with Crippen LogP contribution in [0.1, 0.15) is 97.6 Å². The highest BCUT2D eigenvalue weighted by Crippen LogP contribution is 2.36. The van der Waals surface area contributed by atoms with Crippen LogP contribution in [-0.2, 0) is 26.2 Å². The molecule has 0 radical (unpaired) electrons. The summed E-state index contributed by atoms with van der Waals surface area (Å²) in [4.78, 5) is 10.0. The van der Waals surface area contributed by atoms with E-state index < -0.39 is 5.97 Å². The fraction of sp³-hybridized carbons (Fsp3) is 0.649. The van der Waals surface area contributed by atoms with Gasteiger partial charge in [-0.15, -0.1) is 0 Å². The molecule has 0 saturated carbocycles. The Morgan fingerprint density at radius 1 is 0.767 bits per heavy atom. The fourth-order valence-electron chi connectivity index (χ4n) is 5.36. The minimum absolute atomic E-state index is 0.157. The zero-order valence-electron chi connectivity index (χ0n) is 28.6. The molecular weight excluding hydrogens is 538 g/mol. The van der Waals surface area contributed by atoms with Crippen molar-refractivity contribution in [2.24, 2.45) is 5.41 Å². The van der Waals surface area contributed by atoms with Gasteiger partial charge < -0.3 is 23.8 Å². The van der Waals surface area contributed by atoms with Gasteiger partial charge in [-0.05, 0) is 41.4 Å². The number of carboxylic acid groups (broad SMARTS) is 1. The average Bonchev–Trinajstić information content (AvgIpc) is 2.91. The second-order valence-electron chi connectivity index (χ2n) is 14.1. The fourth-order valence-corrected chi connectivity index (χ4v) is 5.36. The summed E-state index contributed by atoms with van der Waals surface area (Å²) in [6.45, 7) is 18.1. The molecule has 0 heterocycles. The minimum Gasteiger partial charge on any atom is -0.491 e. The third kappa shape index (κ3) is 20.2. The molecule has 2 aromatic rings. The van der Waals surface area contributed by atoms with Crippen molar-refractivity contribution in [3.63, 3.8) is 0 Å². The lowest BCUT2D eigenvalue weighted by atomic mass is 9.72. The lowest BCUT2D eigenvalue weighted by molar-refractivity contribution is -0.904. The number of ether oxygens (including phenoxy) is 3. The van der Waals surface area contributed by atoms with Crippen molar-refractivity contribution < 1.29 is 28.6 Å². The number of benzene rings is 2. The first-order chi connectivity index (χ1) is 20.2. The molecule has 0 bridgehead atoms. The van der Waals surface area contributed by atoms with Gasteiger partial charge in [0.15, 0.2) is 0 Å². The van der Waals surface area contributed by atoms with Gasteiger partial charge in [0.1, 0.15) is 32.1 Å². The Morgan fingerprint density at radius 2 is 1.40 bits per heavy atom. The molecular formula is C37H62NO5+. The number of unbranched alkanes of at least 4 members (excludes halogenated alkanes) is 5. The number of hydrogen-bond acceptors (Lipinski definition) is 4. The van der Waals surface area contributed by atoms with Crippen molar-refractivity contribution in [2.75, 3.05) is 53.7 Å². The smallest absolute Gasteiger partial charge is 0.329 e. The highest BCUT2D eigenvalue weighted by atomic mass is 16.5. The number of rotatable bonds is 20. The van der Waals surface area contributed by atoms with Crippen LogP contribution in [0.4, 0.5) is 0 Å². The summed E-state index contributed by atoms with van der Waals surface area (Å²) in [7, 11) is 4.49. The second kappa shape index (κ2) is 20.5. The summed E-state index contributed by atoms with van der Waals surface area (Å²) in [6.07, 6.45) is 8.37. The van der Waals surface area contributed by atoms with E-state index in [1.807, 2.05) is 0 Å². The number of nitrogens with zero attached hydrogens (tertiary/aromatic N) is 1. The third-order valence-corrected chi connectivity index (χ3v) is 7.27. The Morgan fingerprint density at radius 3 is 2.00 bits per heavy atom. The first-order valence-electron chi connectivity index (χ1n) is 16.2. The number of carboxylic acids is 1. The van der Waals surface area contributed by atoms with E-state index in [9.17, 15) is 4.79 Å². The van der Waals surface area contributed by atoms with Gasteiger partial charge in [-0.2, -0.15) is 0 Å². The van der Waals surface area contributed by atoms with Crippen LogP contribution in [0.2, 0.25) is 0 Å². The molecule has 6 nitrogen and oxygen atoms in total. The zero-order chi connectivity index (χ0) is 32.2. The van der Waals surface area contributed by atoms with Gasteiger partial charge in [0.2, 0.25) is 0 Å². The lowest BCUT2D eigenvalue weighted by Crippen LogP contribution is -2.41. The summed E-state index contributed by atoms with van der Waals surface area (Å²) in [5.74, 6) is 0.0279.